The maximum atomic E-state index is 10.8. The summed E-state index contributed by atoms with van der Waals surface area (Å²) in [4.78, 5) is 25.4. The van der Waals surface area contributed by atoms with Gasteiger partial charge in [-0.15, -0.1) is 0 Å². The highest BCUT2D eigenvalue weighted by Gasteiger charge is 2.20. The molecule has 3 heterocycles. The van der Waals surface area contributed by atoms with E-state index < -0.39 is 0 Å². The van der Waals surface area contributed by atoms with Crippen LogP contribution in [0.4, 0.5) is 0 Å². The van der Waals surface area contributed by atoms with Gasteiger partial charge in [0.05, 0.1) is 23.6 Å². The fourth-order valence-corrected chi connectivity index (χ4v) is 2.19. The van der Waals surface area contributed by atoms with Crippen LogP contribution in [0.25, 0.3) is 11.4 Å². The maximum Gasteiger partial charge on any atom is 0.210 e. The predicted molar refractivity (Wildman–Crippen MR) is 65.4 cm³/mol. The lowest BCUT2D eigenvalue weighted by atomic mass is 10.0. The minimum Gasteiger partial charge on any atom is -0.339 e. The molecule has 0 atom stereocenters. The van der Waals surface area contributed by atoms with Crippen LogP contribution in [0, 0.1) is 0 Å². The molecule has 2 aromatic rings. The monoisotopic (exact) mass is 240 g/mol. The van der Waals surface area contributed by atoms with Crippen molar-refractivity contribution in [3.63, 3.8) is 0 Å². The molecule has 0 aliphatic carbocycles. The van der Waals surface area contributed by atoms with Gasteiger partial charge in [0, 0.05) is 18.3 Å². The molecule has 0 N–H and O–H groups in total. The van der Waals surface area contributed by atoms with Crippen molar-refractivity contribution in [1.82, 2.24) is 19.9 Å². The summed E-state index contributed by atoms with van der Waals surface area (Å²) in [5.74, 6) is 0. The summed E-state index contributed by atoms with van der Waals surface area (Å²) in [5.41, 5.74) is 3.76. The van der Waals surface area contributed by atoms with Crippen molar-refractivity contribution in [2.75, 3.05) is 6.54 Å². The molecule has 0 bridgehead atoms. The van der Waals surface area contributed by atoms with Crippen molar-refractivity contribution in [2.24, 2.45) is 0 Å². The highest BCUT2D eigenvalue weighted by atomic mass is 16.1. The van der Waals surface area contributed by atoms with E-state index in [9.17, 15) is 4.79 Å². The molecule has 1 aliphatic heterocycles. The molecule has 0 saturated heterocycles. The SMILES string of the molecule is O=CN1CCc2c(ncnc2-c2ccccn2)C1. The van der Waals surface area contributed by atoms with E-state index in [1.807, 2.05) is 18.2 Å². The van der Waals surface area contributed by atoms with E-state index in [1.54, 1.807) is 11.1 Å². The summed E-state index contributed by atoms with van der Waals surface area (Å²) in [6.45, 7) is 1.27. The molecule has 0 unspecified atom stereocenters. The summed E-state index contributed by atoms with van der Waals surface area (Å²) < 4.78 is 0. The first-order chi connectivity index (χ1) is 8.88. The van der Waals surface area contributed by atoms with Crippen molar-refractivity contribution >= 4 is 6.41 Å². The maximum absolute atomic E-state index is 10.8. The van der Waals surface area contributed by atoms with Gasteiger partial charge >= 0.3 is 0 Å². The third-order valence-corrected chi connectivity index (χ3v) is 3.09. The van der Waals surface area contributed by atoms with Gasteiger partial charge in [-0.3, -0.25) is 9.78 Å². The number of carbonyl (C=O) groups is 1. The van der Waals surface area contributed by atoms with E-state index >= 15 is 0 Å². The van der Waals surface area contributed by atoms with E-state index in [4.69, 9.17) is 0 Å². The third kappa shape index (κ3) is 1.84. The van der Waals surface area contributed by atoms with Gasteiger partial charge in [-0.05, 0) is 18.6 Å². The number of hydrogen-bond donors (Lipinski definition) is 0. The molecule has 0 aromatic carbocycles. The number of fused-ring (bicyclic) bond motifs is 1. The minimum absolute atomic E-state index is 0.557. The normalized spacial score (nSPS) is 14.1. The summed E-state index contributed by atoms with van der Waals surface area (Å²) in [7, 11) is 0. The minimum atomic E-state index is 0.557. The van der Waals surface area contributed by atoms with Crippen LogP contribution >= 0.6 is 0 Å². The largest absolute Gasteiger partial charge is 0.339 e. The Morgan fingerprint density at radius 2 is 2.17 bits per heavy atom. The molecule has 1 aliphatic rings. The molecule has 0 saturated carbocycles. The first-order valence-corrected chi connectivity index (χ1v) is 5.82. The van der Waals surface area contributed by atoms with Crippen LogP contribution in [0.3, 0.4) is 0 Å². The van der Waals surface area contributed by atoms with Crippen molar-refractivity contribution < 1.29 is 4.79 Å². The Morgan fingerprint density at radius 1 is 1.22 bits per heavy atom. The quantitative estimate of drug-likeness (QED) is 0.736. The van der Waals surface area contributed by atoms with E-state index in [1.165, 1.54) is 6.33 Å². The van der Waals surface area contributed by atoms with Gasteiger partial charge in [-0.25, -0.2) is 9.97 Å². The third-order valence-electron chi connectivity index (χ3n) is 3.09. The summed E-state index contributed by atoms with van der Waals surface area (Å²) in [6.07, 6.45) is 4.94. The second-order valence-corrected chi connectivity index (χ2v) is 4.19. The molecule has 90 valence electrons. The van der Waals surface area contributed by atoms with Gasteiger partial charge in [0.2, 0.25) is 6.41 Å². The number of pyridine rings is 1. The lowest BCUT2D eigenvalue weighted by Crippen LogP contribution is -2.30. The zero-order valence-corrected chi connectivity index (χ0v) is 9.78. The molecular formula is C13H12N4O. The smallest absolute Gasteiger partial charge is 0.210 e. The van der Waals surface area contributed by atoms with Gasteiger partial charge in [0.25, 0.3) is 0 Å². The van der Waals surface area contributed by atoms with Crippen LogP contribution < -0.4 is 0 Å². The van der Waals surface area contributed by atoms with Crippen LogP contribution in [0.5, 0.6) is 0 Å². The number of hydrogen-bond acceptors (Lipinski definition) is 4. The summed E-state index contributed by atoms with van der Waals surface area (Å²) in [5, 5.41) is 0. The Kier molecular flexibility index (Phi) is 2.72. The number of nitrogens with zero attached hydrogens (tertiary/aromatic N) is 4. The number of rotatable bonds is 2. The highest BCUT2D eigenvalue weighted by Crippen LogP contribution is 2.24. The van der Waals surface area contributed by atoms with Crippen LogP contribution in [0.2, 0.25) is 0 Å². The van der Waals surface area contributed by atoms with Crippen molar-refractivity contribution in [2.45, 2.75) is 13.0 Å². The Morgan fingerprint density at radius 3 is 2.94 bits per heavy atom. The summed E-state index contributed by atoms with van der Waals surface area (Å²) in [6, 6.07) is 5.76. The Labute approximate surface area is 105 Å². The first-order valence-electron chi connectivity index (χ1n) is 5.82. The highest BCUT2D eigenvalue weighted by molar-refractivity contribution is 5.60. The van der Waals surface area contributed by atoms with Crippen LogP contribution in [-0.2, 0) is 17.8 Å². The molecule has 0 radical (unpaired) electrons. The van der Waals surface area contributed by atoms with Gasteiger partial charge in [-0.2, -0.15) is 0 Å². The Bertz CT molecular complexity index is 570. The Hall–Kier alpha value is -2.30. The fraction of sp³-hybridized carbons (Fsp3) is 0.231. The molecule has 5 heteroatoms. The second-order valence-electron chi connectivity index (χ2n) is 4.19. The van der Waals surface area contributed by atoms with Crippen molar-refractivity contribution in [3.8, 4) is 11.4 Å². The van der Waals surface area contributed by atoms with Crippen LogP contribution in [0.1, 0.15) is 11.3 Å². The Balaban J connectivity index is 2.06. The van der Waals surface area contributed by atoms with Crippen LogP contribution in [-0.4, -0.2) is 32.8 Å². The van der Waals surface area contributed by atoms with E-state index in [0.29, 0.717) is 13.1 Å². The van der Waals surface area contributed by atoms with Crippen LogP contribution in [0.15, 0.2) is 30.7 Å². The number of amides is 1. The zero-order chi connectivity index (χ0) is 12.4. The standard InChI is InChI=1S/C13H12N4O/c18-9-17-6-4-10-12(7-17)15-8-16-13(10)11-3-1-2-5-14-11/h1-3,5,8-9H,4,6-7H2. The topological polar surface area (TPSA) is 59.0 Å². The molecule has 18 heavy (non-hydrogen) atoms. The lowest BCUT2D eigenvalue weighted by Gasteiger charge is -2.25. The molecule has 5 nitrogen and oxygen atoms in total. The summed E-state index contributed by atoms with van der Waals surface area (Å²) >= 11 is 0. The molecular weight excluding hydrogens is 228 g/mol. The fourth-order valence-electron chi connectivity index (χ4n) is 2.19. The second kappa shape index (κ2) is 4.52. The van der Waals surface area contributed by atoms with Gasteiger partial charge in [0.15, 0.2) is 0 Å². The predicted octanol–water partition coefficient (Wildman–Crippen LogP) is 1.05. The molecule has 1 amide bonds. The number of carbonyl (C=O) groups excluding carboxylic acids is 1. The molecule has 0 fully saturated rings. The van der Waals surface area contributed by atoms with Gasteiger partial charge in [0.1, 0.15) is 6.33 Å². The molecule has 0 spiro atoms. The zero-order valence-electron chi connectivity index (χ0n) is 9.78. The first kappa shape index (κ1) is 10.8. The van der Waals surface area contributed by atoms with E-state index in [-0.39, 0.29) is 0 Å². The van der Waals surface area contributed by atoms with E-state index in [2.05, 4.69) is 15.0 Å². The number of aromatic nitrogens is 3. The van der Waals surface area contributed by atoms with Gasteiger partial charge in [-0.1, -0.05) is 6.07 Å². The van der Waals surface area contributed by atoms with Crippen molar-refractivity contribution in [3.05, 3.63) is 42.0 Å². The lowest BCUT2D eigenvalue weighted by molar-refractivity contribution is -0.119. The van der Waals surface area contributed by atoms with E-state index in [0.717, 1.165) is 35.5 Å². The van der Waals surface area contributed by atoms with Gasteiger partial charge < -0.3 is 4.90 Å². The molecule has 2 aromatic heterocycles. The van der Waals surface area contributed by atoms with Crippen molar-refractivity contribution in [1.29, 1.82) is 0 Å². The molecule has 3 rings (SSSR count). The average molecular weight is 240 g/mol. The average Bonchev–Trinajstić information content (AvgIpc) is 2.47.